The summed E-state index contributed by atoms with van der Waals surface area (Å²) in [5, 5.41) is 4.17. The predicted octanol–water partition coefficient (Wildman–Crippen LogP) is 4.06. The molecule has 0 atom stereocenters. The Balaban J connectivity index is 1.80. The molecule has 2 aromatic heterocycles. The van der Waals surface area contributed by atoms with E-state index in [1.165, 1.54) is 0 Å². The molecule has 0 bridgehead atoms. The summed E-state index contributed by atoms with van der Waals surface area (Å²) in [7, 11) is 0. The Morgan fingerprint density at radius 2 is 2.10 bits per heavy atom. The van der Waals surface area contributed by atoms with Crippen molar-refractivity contribution in [2.75, 3.05) is 0 Å². The van der Waals surface area contributed by atoms with Crippen LogP contribution >= 0.6 is 11.3 Å². The molecule has 0 aliphatic carbocycles. The van der Waals surface area contributed by atoms with Crippen molar-refractivity contribution in [3.63, 3.8) is 0 Å². The Kier molecular flexibility index (Phi) is 3.54. The summed E-state index contributed by atoms with van der Waals surface area (Å²) in [6.07, 6.45) is 5.46. The maximum atomic E-state index is 5.86. The number of thiazole rings is 1. The second-order valence-corrected chi connectivity index (χ2v) is 6.41. The lowest BCUT2D eigenvalue weighted by Gasteiger charge is -2.18. The molecule has 3 rings (SSSR count). The van der Waals surface area contributed by atoms with Crippen LogP contribution in [0.25, 0.3) is 21.0 Å². The molecule has 0 saturated heterocycles. The molecule has 0 amide bonds. The van der Waals surface area contributed by atoms with Crippen LogP contribution in [-0.2, 0) is 6.54 Å². The number of para-hydroxylation sites is 1. The van der Waals surface area contributed by atoms with Crippen molar-refractivity contribution in [2.24, 2.45) is 0 Å². The predicted molar refractivity (Wildman–Crippen MR) is 87.1 cm³/mol. The highest BCUT2D eigenvalue weighted by atomic mass is 32.1. The SMILES string of the molecule is C#CC(C)(C)NCc1ccc(-c2nc3ccccc3s2)o1. The summed E-state index contributed by atoms with van der Waals surface area (Å²) < 4.78 is 7.02. The van der Waals surface area contributed by atoms with Gasteiger partial charge in [-0.1, -0.05) is 18.1 Å². The number of hydrogen-bond donors (Lipinski definition) is 1. The minimum Gasteiger partial charge on any atom is -0.457 e. The fourth-order valence-corrected chi connectivity index (χ4v) is 2.85. The van der Waals surface area contributed by atoms with Gasteiger partial charge in [0.25, 0.3) is 0 Å². The van der Waals surface area contributed by atoms with E-state index in [0.29, 0.717) is 6.54 Å². The van der Waals surface area contributed by atoms with E-state index in [0.717, 1.165) is 26.7 Å². The molecule has 0 saturated carbocycles. The maximum absolute atomic E-state index is 5.86. The average Bonchev–Trinajstić information content (AvgIpc) is 3.11. The van der Waals surface area contributed by atoms with E-state index in [2.05, 4.69) is 22.3 Å². The lowest BCUT2D eigenvalue weighted by Crippen LogP contribution is -2.36. The molecule has 0 aliphatic heterocycles. The van der Waals surface area contributed by atoms with Gasteiger partial charge in [-0.15, -0.1) is 17.8 Å². The molecule has 0 aliphatic rings. The maximum Gasteiger partial charge on any atom is 0.163 e. The second-order valence-electron chi connectivity index (χ2n) is 5.38. The van der Waals surface area contributed by atoms with E-state index in [1.54, 1.807) is 11.3 Å². The number of terminal acetylenes is 1. The van der Waals surface area contributed by atoms with E-state index in [9.17, 15) is 0 Å². The zero-order valence-electron chi connectivity index (χ0n) is 12.0. The molecule has 0 spiro atoms. The van der Waals surface area contributed by atoms with Gasteiger partial charge >= 0.3 is 0 Å². The van der Waals surface area contributed by atoms with Gasteiger partial charge in [0.05, 0.1) is 22.3 Å². The number of nitrogens with one attached hydrogen (secondary N) is 1. The first-order chi connectivity index (χ1) is 10.1. The minimum absolute atomic E-state index is 0.344. The zero-order valence-corrected chi connectivity index (χ0v) is 12.8. The number of furan rings is 1. The monoisotopic (exact) mass is 296 g/mol. The third-order valence-corrected chi connectivity index (χ3v) is 4.28. The Morgan fingerprint density at radius 1 is 1.29 bits per heavy atom. The van der Waals surface area contributed by atoms with E-state index in [4.69, 9.17) is 10.8 Å². The van der Waals surface area contributed by atoms with Crippen LogP contribution in [0.2, 0.25) is 0 Å². The van der Waals surface area contributed by atoms with Gasteiger partial charge in [-0.05, 0) is 38.1 Å². The van der Waals surface area contributed by atoms with Crippen LogP contribution in [0.1, 0.15) is 19.6 Å². The molecule has 21 heavy (non-hydrogen) atoms. The van der Waals surface area contributed by atoms with Crippen molar-refractivity contribution in [1.29, 1.82) is 0 Å². The molecule has 0 radical (unpaired) electrons. The molecule has 0 unspecified atom stereocenters. The van der Waals surface area contributed by atoms with Crippen molar-refractivity contribution in [3.05, 3.63) is 42.2 Å². The molecular formula is C17H16N2OS. The van der Waals surface area contributed by atoms with Crippen LogP contribution in [0.15, 0.2) is 40.8 Å². The fraction of sp³-hybridized carbons (Fsp3) is 0.235. The van der Waals surface area contributed by atoms with Crippen LogP contribution in [0.5, 0.6) is 0 Å². The number of aromatic nitrogens is 1. The molecule has 0 fully saturated rings. The number of hydrogen-bond acceptors (Lipinski definition) is 4. The molecule has 3 aromatic rings. The van der Waals surface area contributed by atoms with Crippen LogP contribution in [-0.4, -0.2) is 10.5 Å². The Morgan fingerprint density at radius 3 is 2.86 bits per heavy atom. The second kappa shape index (κ2) is 5.36. The van der Waals surface area contributed by atoms with Gasteiger partial charge < -0.3 is 4.42 Å². The normalized spacial score (nSPS) is 11.7. The number of rotatable bonds is 4. The van der Waals surface area contributed by atoms with Crippen molar-refractivity contribution in [1.82, 2.24) is 10.3 Å². The van der Waals surface area contributed by atoms with Gasteiger partial charge in [0.1, 0.15) is 5.76 Å². The highest BCUT2D eigenvalue weighted by Gasteiger charge is 2.15. The van der Waals surface area contributed by atoms with E-state index < -0.39 is 0 Å². The number of nitrogens with zero attached hydrogens (tertiary/aromatic N) is 1. The number of fused-ring (bicyclic) bond motifs is 1. The number of benzene rings is 1. The Bertz CT molecular complexity index is 774. The topological polar surface area (TPSA) is 38.1 Å². The van der Waals surface area contributed by atoms with Gasteiger partial charge in [0, 0.05) is 0 Å². The summed E-state index contributed by atoms with van der Waals surface area (Å²) in [4.78, 5) is 4.59. The molecule has 1 N–H and O–H groups in total. The van der Waals surface area contributed by atoms with Crippen LogP contribution in [0.3, 0.4) is 0 Å². The molecule has 2 heterocycles. The third kappa shape index (κ3) is 2.99. The minimum atomic E-state index is -0.344. The Hall–Kier alpha value is -2.09. The first-order valence-corrected chi connectivity index (χ1v) is 7.56. The highest BCUT2D eigenvalue weighted by molar-refractivity contribution is 7.21. The van der Waals surface area contributed by atoms with Gasteiger partial charge in [0.2, 0.25) is 0 Å². The fourth-order valence-electron chi connectivity index (χ4n) is 1.92. The molecule has 4 heteroatoms. The third-order valence-electron chi connectivity index (χ3n) is 3.23. The summed E-state index contributed by atoms with van der Waals surface area (Å²) in [5.74, 6) is 4.36. The van der Waals surface area contributed by atoms with E-state index >= 15 is 0 Å². The summed E-state index contributed by atoms with van der Waals surface area (Å²) in [6, 6.07) is 12.0. The summed E-state index contributed by atoms with van der Waals surface area (Å²) in [5.41, 5.74) is 0.657. The lowest BCUT2D eigenvalue weighted by atomic mass is 10.1. The van der Waals surface area contributed by atoms with Crippen LogP contribution in [0.4, 0.5) is 0 Å². The van der Waals surface area contributed by atoms with Gasteiger partial charge in [-0.2, -0.15) is 0 Å². The quantitative estimate of drug-likeness (QED) is 0.738. The molecule has 106 valence electrons. The summed E-state index contributed by atoms with van der Waals surface area (Å²) in [6.45, 7) is 4.52. The standard InChI is InChI=1S/C17H16N2OS/c1-4-17(2,3)18-11-12-9-10-14(20-12)16-19-13-7-5-6-8-15(13)21-16/h1,5-10,18H,11H2,2-3H3. The summed E-state index contributed by atoms with van der Waals surface area (Å²) >= 11 is 1.63. The first kappa shape index (κ1) is 13.9. The van der Waals surface area contributed by atoms with Crippen LogP contribution in [0, 0.1) is 12.3 Å². The first-order valence-electron chi connectivity index (χ1n) is 6.75. The van der Waals surface area contributed by atoms with E-state index in [1.807, 2.05) is 44.2 Å². The highest BCUT2D eigenvalue weighted by Crippen LogP contribution is 2.31. The van der Waals surface area contributed by atoms with Crippen molar-refractivity contribution < 1.29 is 4.42 Å². The smallest absolute Gasteiger partial charge is 0.163 e. The lowest BCUT2D eigenvalue weighted by molar-refractivity contribution is 0.433. The van der Waals surface area contributed by atoms with Gasteiger partial charge in [-0.25, -0.2) is 4.98 Å². The van der Waals surface area contributed by atoms with Crippen LogP contribution < -0.4 is 5.32 Å². The van der Waals surface area contributed by atoms with Crippen molar-refractivity contribution in [2.45, 2.75) is 25.9 Å². The Labute approximate surface area is 128 Å². The zero-order chi connectivity index (χ0) is 14.9. The largest absolute Gasteiger partial charge is 0.457 e. The molecule has 1 aromatic carbocycles. The van der Waals surface area contributed by atoms with Gasteiger partial charge in [0.15, 0.2) is 10.8 Å². The average molecular weight is 296 g/mol. The molecular weight excluding hydrogens is 280 g/mol. The van der Waals surface area contributed by atoms with Crippen molar-refractivity contribution >= 4 is 21.6 Å². The van der Waals surface area contributed by atoms with E-state index in [-0.39, 0.29) is 5.54 Å². The molecule has 3 nitrogen and oxygen atoms in total. The van der Waals surface area contributed by atoms with Crippen molar-refractivity contribution in [3.8, 4) is 23.1 Å². The van der Waals surface area contributed by atoms with Gasteiger partial charge in [-0.3, -0.25) is 5.32 Å².